The van der Waals surface area contributed by atoms with E-state index in [2.05, 4.69) is 5.32 Å². The Hall–Kier alpha value is -1.69. The van der Waals surface area contributed by atoms with Crippen LogP contribution in [0.25, 0.3) is 0 Å². The molecule has 0 heterocycles. The van der Waals surface area contributed by atoms with E-state index in [-0.39, 0.29) is 17.9 Å². The van der Waals surface area contributed by atoms with E-state index in [9.17, 15) is 9.59 Å². The first-order valence-electron chi connectivity index (χ1n) is 11.2. The first kappa shape index (κ1) is 24.9. The van der Waals surface area contributed by atoms with Gasteiger partial charge in [-0.15, -0.1) is 11.8 Å². The fourth-order valence-electron chi connectivity index (χ4n) is 3.90. The Morgan fingerprint density at radius 2 is 1.78 bits per heavy atom. The van der Waals surface area contributed by atoms with Gasteiger partial charge >= 0.3 is 0 Å². The van der Waals surface area contributed by atoms with Crippen LogP contribution in [0.1, 0.15) is 51.0 Å². The Morgan fingerprint density at radius 3 is 2.47 bits per heavy atom. The van der Waals surface area contributed by atoms with E-state index in [4.69, 9.17) is 23.2 Å². The van der Waals surface area contributed by atoms with Crippen LogP contribution in [0.2, 0.25) is 10.0 Å². The van der Waals surface area contributed by atoms with Gasteiger partial charge in [-0.1, -0.05) is 66.7 Å². The molecule has 0 unspecified atom stereocenters. The minimum Gasteiger partial charge on any atom is -0.352 e. The van der Waals surface area contributed by atoms with Gasteiger partial charge in [0, 0.05) is 29.7 Å². The van der Waals surface area contributed by atoms with Crippen LogP contribution in [0, 0.1) is 0 Å². The van der Waals surface area contributed by atoms with E-state index >= 15 is 0 Å². The molecule has 0 bridgehead atoms. The van der Waals surface area contributed by atoms with E-state index in [0.717, 1.165) is 36.1 Å². The van der Waals surface area contributed by atoms with Gasteiger partial charge < -0.3 is 10.2 Å². The monoisotopic (exact) mass is 492 g/mol. The summed E-state index contributed by atoms with van der Waals surface area (Å²) >= 11 is 13.9. The van der Waals surface area contributed by atoms with Crippen LogP contribution in [0.5, 0.6) is 0 Å². The predicted molar refractivity (Wildman–Crippen MR) is 133 cm³/mol. The number of thioether (sulfide) groups is 1. The van der Waals surface area contributed by atoms with Crippen LogP contribution < -0.4 is 5.32 Å². The smallest absolute Gasteiger partial charge is 0.242 e. The number of benzene rings is 2. The SMILES string of the molecule is C[C@@H](C(=O)NC1CCCCC1)N(Cc1ccc(Cl)c(Cl)c1)C(=O)CCSc1ccccc1. The van der Waals surface area contributed by atoms with Crippen molar-refractivity contribution in [3.05, 3.63) is 64.1 Å². The quantitative estimate of drug-likeness (QED) is 0.415. The average molecular weight is 494 g/mol. The van der Waals surface area contributed by atoms with E-state index in [1.807, 2.05) is 36.4 Å². The molecule has 2 amide bonds. The molecule has 32 heavy (non-hydrogen) atoms. The lowest BCUT2D eigenvalue weighted by Gasteiger charge is -2.31. The summed E-state index contributed by atoms with van der Waals surface area (Å²) in [7, 11) is 0. The molecule has 4 nitrogen and oxygen atoms in total. The molecule has 2 aromatic rings. The van der Waals surface area contributed by atoms with Crippen molar-refractivity contribution in [2.45, 2.75) is 69.0 Å². The van der Waals surface area contributed by atoms with Gasteiger partial charge in [0.1, 0.15) is 6.04 Å². The normalized spacial score (nSPS) is 15.2. The summed E-state index contributed by atoms with van der Waals surface area (Å²) in [6.07, 6.45) is 5.87. The molecule has 0 aromatic heterocycles. The molecule has 1 atom stereocenters. The van der Waals surface area contributed by atoms with Gasteiger partial charge in [-0.05, 0) is 49.6 Å². The summed E-state index contributed by atoms with van der Waals surface area (Å²) < 4.78 is 0. The molecule has 3 rings (SSSR count). The standard InChI is InChI=1S/C25H30Cl2N2O2S/c1-18(25(31)28-20-8-4-2-5-9-20)29(17-19-12-13-22(26)23(27)16-19)24(30)14-15-32-21-10-6-3-7-11-21/h3,6-7,10-13,16,18,20H,2,4-5,8-9,14-15,17H2,1H3,(H,28,31)/t18-/m0/s1. The molecule has 0 saturated heterocycles. The van der Waals surface area contributed by atoms with Crippen molar-refractivity contribution in [1.29, 1.82) is 0 Å². The molecule has 1 saturated carbocycles. The number of rotatable bonds is 9. The topological polar surface area (TPSA) is 49.4 Å². The summed E-state index contributed by atoms with van der Waals surface area (Å²) in [5.74, 6) is 0.504. The number of hydrogen-bond donors (Lipinski definition) is 1. The van der Waals surface area contributed by atoms with Crippen LogP contribution in [0.4, 0.5) is 0 Å². The van der Waals surface area contributed by atoms with E-state index in [1.165, 1.54) is 6.42 Å². The number of nitrogens with zero attached hydrogens (tertiary/aromatic N) is 1. The van der Waals surface area contributed by atoms with Crippen LogP contribution in [-0.2, 0) is 16.1 Å². The third kappa shape index (κ3) is 7.43. The summed E-state index contributed by atoms with van der Waals surface area (Å²) in [6, 6.07) is 15.0. The van der Waals surface area contributed by atoms with Gasteiger partial charge in [-0.2, -0.15) is 0 Å². The highest BCUT2D eigenvalue weighted by atomic mass is 35.5. The first-order chi connectivity index (χ1) is 15.4. The average Bonchev–Trinajstić information content (AvgIpc) is 2.80. The molecule has 1 aliphatic rings. The van der Waals surface area contributed by atoms with Gasteiger partial charge in [0.25, 0.3) is 0 Å². The molecular weight excluding hydrogens is 463 g/mol. The zero-order valence-electron chi connectivity index (χ0n) is 18.4. The second kappa shape index (κ2) is 12.5. The zero-order chi connectivity index (χ0) is 22.9. The Balaban J connectivity index is 1.67. The lowest BCUT2D eigenvalue weighted by molar-refractivity contribution is -0.140. The Bertz CT molecular complexity index is 904. The van der Waals surface area contributed by atoms with Crippen LogP contribution in [-0.4, -0.2) is 34.6 Å². The fraction of sp³-hybridized carbons (Fsp3) is 0.440. The molecule has 172 valence electrons. The van der Waals surface area contributed by atoms with Crippen LogP contribution in [0.3, 0.4) is 0 Å². The number of amides is 2. The Labute approximate surface area is 205 Å². The summed E-state index contributed by atoms with van der Waals surface area (Å²) in [6.45, 7) is 2.11. The first-order valence-corrected chi connectivity index (χ1v) is 12.9. The number of halogens is 2. The maximum Gasteiger partial charge on any atom is 0.242 e. The number of nitrogens with one attached hydrogen (secondary N) is 1. The molecule has 1 N–H and O–H groups in total. The fourth-order valence-corrected chi connectivity index (χ4v) is 5.09. The summed E-state index contributed by atoms with van der Waals surface area (Å²) in [5, 5.41) is 4.07. The number of carbonyl (C=O) groups excluding carboxylic acids is 2. The highest BCUT2D eigenvalue weighted by Gasteiger charge is 2.28. The lowest BCUT2D eigenvalue weighted by Crippen LogP contribution is -2.50. The molecule has 0 spiro atoms. The van der Waals surface area contributed by atoms with E-state index < -0.39 is 6.04 Å². The molecule has 0 aliphatic heterocycles. The Morgan fingerprint density at radius 1 is 1.06 bits per heavy atom. The lowest BCUT2D eigenvalue weighted by atomic mass is 9.95. The molecule has 7 heteroatoms. The van der Waals surface area contributed by atoms with Gasteiger partial charge in [0.2, 0.25) is 11.8 Å². The second-order valence-corrected chi connectivity index (χ2v) is 10.2. The van der Waals surface area contributed by atoms with Gasteiger partial charge in [-0.25, -0.2) is 0 Å². The highest BCUT2D eigenvalue weighted by molar-refractivity contribution is 7.99. The zero-order valence-corrected chi connectivity index (χ0v) is 20.7. The van der Waals surface area contributed by atoms with Gasteiger partial charge in [0.15, 0.2) is 0 Å². The van der Waals surface area contributed by atoms with Gasteiger partial charge in [-0.3, -0.25) is 9.59 Å². The van der Waals surface area contributed by atoms with Crippen molar-refractivity contribution < 1.29 is 9.59 Å². The number of carbonyl (C=O) groups is 2. The number of hydrogen-bond acceptors (Lipinski definition) is 3. The van der Waals surface area contributed by atoms with E-state index in [1.54, 1.807) is 35.7 Å². The predicted octanol–water partition coefficient (Wildman–Crippen LogP) is 6.34. The summed E-state index contributed by atoms with van der Waals surface area (Å²) in [5.41, 5.74) is 0.848. The van der Waals surface area contributed by atoms with Crippen molar-refractivity contribution in [3.8, 4) is 0 Å². The molecular formula is C25H30Cl2N2O2S. The molecule has 1 aliphatic carbocycles. The molecule has 0 radical (unpaired) electrons. The minimum atomic E-state index is -0.569. The summed E-state index contributed by atoms with van der Waals surface area (Å²) in [4.78, 5) is 29.0. The van der Waals surface area contributed by atoms with Gasteiger partial charge in [0.05, 0.1) is 10.0 Å². The Kier molecular flexibility index (Phi) is 9.76. The van der Waals surface area contributed by atoms with Crippen LogP contribution >= 0.6 is 35.0 Å². The molecule has 2 aromatic carbocycles. The van der Waals surface area contributed by atoms with E-state index in [0.29, 0.717) is 28.8 Å². The van der Waals surface area contributed by atoms with Crippen molar-refractivity contribution in [3.63, 3.8) is 0 Å². The second-order valence-electron chi connectivity index (χ2n) is 8.20. The highest BCUT2D eigenvalue weighted by Crippen LogP contribution is 2.25. The largest absolute Gasteiger partial charge is 0.352 e. The third-order valence-corrected chi connectivity index (χ3v) is 7.54. The van der Waals surface area contributed by atoms with Crippen molar-refractivity contribution in [2.24, 2.45) is 0 Å². The van der Waals surface area contributed by atoms with Crippen LogP contribution in [0.15, 0.2) is 53.4 Å². The third-order valence-electron chi connectivity index (χ3n) is 5.78. The van der Waals surface area contributed by atoms with Crippen molar-refractivity contribution >= 4 is 46.8 Å². The maximum atomic E-state index is 13.2. The van der Waals surface area contributed by atoms with Crippen molar-refractivity contribution in [1.82, 2.24) is 10.2 Å². The molecule has 1 fully saturated rings. The minimum absolute atomic E-state index is 0.0502. The van der Waals surface area contributed by atoms with Crippen molar-refractivity contribution in [2.75, 3.05) is 5.75 Å². The maximum absolute atomic E-state index is 13.2.